The number of benzene rings is 2. The van der Waals surface area contributed by atoms with E-state index >= 15 is 0 Å². The molecular formula is C13H6I2N2O. The maximum absolute atomic E-state index is 12.4. The fourth-order valence-corrected chi connectivity index (χ4v) is 2.76. The molecule has 0 aliphatic carbocycles. The van der Waals surface area contributed by atoms with Crippen LogP contribution in [-0.4, -0.2) is 10.2 Å². The Morgan fingerprint density at radius 2 is 1.22 bits per heavy atom. The van der Waals surface area contributed by atoms with Crippen LogP contribution in [0.3, 0.4) is 0 Å². The molecule has 5 heteroatoms. The minimum Gasteiger partial charge on any atom is -0.288 e. The van der Waals surface area contributed by atoms with Crippen molar-refractivity contribution in [3.8, 4) is 0 Å². The highest BCUT2D eigenvalue weighted by molar-refractivity contribution is 14.1. The third-order valence-electron chi connectivity index (χ3n) is 2.67. The highest BCUT2D eigenvalue weighted by Crippen LogP contribution is 2.15. The Bertz CT molecular complexity index is 766. The monoisotopic (exact) mass is 460 g/mol. The van der Waals surface area contributed by atoms with Gasteiger partial charge in [0.2, 0.25) is 0 Å². The molecule has 0 N–H and O–H groups in total. The summed E-state index contributed by atoms with van der Waals surface area (Å²) in [5.74, 6) is 0. The van der Waals surface area contributed by atoms with Gasteiger partial charge < -0.3 is 0 Å². The number of hydrogen-bond acceptors (Lipinski definition) is 3. The first-order chi connectivity index (χ1) is 8.65. The Morgan fingerprint density at radius 3 is 1.67 bits per heavy atom. The lowest BCUT2D eigenvalue weighted by Gasteiger charge is -1.91. The van der Waals surface area contributed by atoms with Crippen LogP contribution in [0.5, 0.6) is 0 Å². The Hall–Kier alpha value is -0.830. The van der Waals surface area contributed by atoms with E-state index in [1.54, 1.807) is 0 Å². The first kappa shape index (κ1) is 12.2. The van der Waals surface area contributed by atoms with Crippen LogP contribution in [0.4, 0.5) is 0 Å². The molecule has 1 aromatic heterocycles. The second-order valence-corrected chi connectivity index (χ2v) is 6.34. The minimum absolute atomic E-state index is 0.0159. The van der Waals surface area contributed by atoms with E-state index in [4.69, 9.17) is 0 Å². The fourth-order valence-electron chi connectivity index (χ4n) is 1.81. The third kappa shape index (κ3) is 2.09. The average molecular weight is 460 g/mol. The summed E-state index contributed by atoms with van der Waals surface area (Å²) < 4.78 is 2.08. The molecule has 0 saturated heterocycles. The smallest absolute Gasteiger partial charge is 0.197 e. The van der Waals surface area contributed by atoms with Crippen LogP contribution in [0.2, 0.25) is 0 Å². The van der Waals surface area contributed by atoms with E-state index in [0.29, 0.717) is 21.8 Å². The molecule has 18 heavy (non-hydrogen) atoms. The summed E-state index contributed by atoms with van der Waals surface area (Å²) in [6, 6.07) is 11.2. The standard InChI is InChI=1S/C13H6I2N2O/c14-7-1-3-9-11(5-7)16-17-12-6-8(15)2-4-10(12)13(9)18/h1-6H. The summed E-state index contributed by atoms with van der Waals surface area (Å²) in [6.45, 7) is 0. The van der Waals surface area contributed by atoms with Crippen LogP contribution < -0.4 is 5.43 Å². The lowest BCUT2D eigenvalue weighted by Crippen LogP contribution is -1.98. The van der Waals surface area contributed by atoms with Gasteiger partial charge in [-0.15, -0.1) is 10.2 Å². The van der Waals surface area contributed by atoms with E-state index in [9.17, 15) is 4.79 Å². The minimum atomic E-state index is -0.0159. The molecule has 0 amide bonds. The summed E-state index contributed by atoms with van der Waals surface area (Å²) in [4.78, 5) is 12.4. The zero-order chi connectivity index (χ0) is 12.7. The topological polar surface area (TPSA) is 42.9 Å². The number of nitrogens with zero attached hydrogens (tertiary/aromatic N) is 2. The van der Waals surface area contributed by atoms with E-state index in [1.807, 2.05) is 36.4 Å². The summed E-state index contributed by atoms with van der Waals surface area (Å²) >= 11 is 4.39. The quantitative estimate of drug-likeness (QED) is 0.484. The first-order valence-corrected chi connectivity index (χ1v) is 7.36. The Labute approximate surface area is 130 Å². The van der Waals surface area contributed by atoms with E-state index in [2.05, 4.69) is 55.4 Å². The molecule has 2 aromatic carbocycles. The van der Waals surface area contributed by atoms with Gasteiger partial charge in [-0.3, -0.25) is 4.79 Å². The van der Waals surface area contributed by atoms with Crippen molar-refractivity contribution in [3.63, 3.8) is 0 Å². The van der Waals surface area contributed by atoms with Gasteiger partial charge in [0.15, 0.2) is 5.43 Å². The summed E-state index contributed by atoms with van der Waals surface area (Å²) in [5.41, 5.74) is 1.26. The van der Waals surface area contributed by atoms with Gasteiger partial charge >= 0.3 is 0 Å². The van der Waals surface area contributed by atoms with Crippen molar-refractivity contribution < 1.29 is 0 Å². The van der Waals surface area contributed by atoms with E-state index < -0.39 is 0 Å². The van der Waals surface area contributed by atoms with Gasteiger partial charge in [-0.25, -0.2) is 0 Å². The van der Waals surface area contributed by atoms with Crippen LogP contribution in [-0.2, 0) is 0 Å². The molecule has 3 aromatic rings. The third-order valence-corrected chi connectivity index (χ3v) is 4.02. The highest BCUT2D eigenvalue weighted by atomic mass is 127. The summed E-state index contributed by atoms with van der Waals surface area (Å²) in [5, 5.41) is 9.57. The Morgan fingerprint density at radius 1 is 0.778 bits per heavy atom. The molecule has 0 bridgehead atoms. The van der Waals surface area contributed by atoms with E-state index in [-0.39, 0.29) is 5.43 Å². The summed E-state index contributed by atoms with van der Waals surface area (Å²) in [7, 11) is 0. The molecule has 3 nitrogen and oxygen atoms in total. The van der Waals surface area contributed by atoms with Crippen LogP contribution in [0.1, 0.15) is 0 Å². The van der Waals surface area contributed by atoms with Crippen LogP contribution in [0.25, 0.3) is 21.8 Å². The first-order valence-electron chi connectivity index (χ1n) is 5.21. The molecule has 88 valence electrons. The van der Waals surface area contributed by atoms with Gasteiger partial charge in [0.05, 0.1) is 21.8 Å². The van der Waals surface area contributed by atoms with E-state index in [1.165, 1.54) is 0 Å². The number of fused-ring (bicyclic) bond motifs is 2. The van der Waals surface area contributed by atoms with Crippen molar-refractivity contribution in [1.29, 1.82) is 0 Å². The van der Waals surface area contributed by atoms with Crippen molar-refractivity contribution in [2.24, 2.45) is 0 Å². The van der Waals surface area contributed by atoms with Crippen molar-refractivity contribution in [1.82, 2.24) is 10.2 Å². The lowest BCUT2D eigenvalue weighted by atomic mass is 10.2. The highest BCUT2D eigenvalue weighted by Gasteiger charge is 2.05. The van der Waals surface area contributed by atoms with Crippen LogP contribution in [0, 0.1) is 7.14 Å². The number of hydrogen-bond donors (Lipinski definition) is 0. The van der Waals surface area contributed by atoms with Gasteiger partial charge in [-0.05, 0) is 81.6 Å². The largest absolute Gasteiger partial charge is 0.288 e. The molecule has 0 aliphatic rings. The molecule has 0 unspecified atom stereocenters. The molecule has 3 rings (SSSR count). The van der Waals surface area contributed by atoms with Gasteiger partial charge in [0, 0.05) is 7.14 Å². The maximum atomic E-state index is 12.4. The number of rotatable bonds is 0. The van der Waals surface area contributed by atoms with Crippen molar-refractivity contribution >= 4 is 67.0 Å². The van der Waals surface area contributed by atoms with E-state index in [0.717, 1.165) is 7.14 Å². The molecule has 0 radical (unpaired) electrons. The summed E-state index contributed by atoms with van der Waals surface area (Å²) in [6.07, 6.45) is 0. The van der Waals surface area contributed by atoms with Crippen molar-refractivity contribution in [3.05, 3.63) is 53.8 Å². The molecule has 0 saturated carbocycles. The van der Waals surface area contributed by atoms with Crippen molar-refractivity contribution in [2.45, 2.75) is 0 Å². The van der Waals surface area contributed by atoms with Gasteiger partial charge in [0.1, 0.15) is 0 Å². The second kappa shape index (κ2) is 4.69. The SMILES string of the molecule is O=c1c2ccc(I)cc2nnc2cc(I)ccc12. The molecule has 1 heterocycles. The van der Waals surface area contributed by atoms with Crippen LogP contribution in [0.15, 0.2) is 41.2 Å². The van der Waals surface area contributed by atoms with Crippen molar-refractivity contribution in [2.75, 3.05) is 0 Å². The van der Waals surface area contributed by atoms with Crippen LogP contribution >= 0.6 is 45.2 Å². The molecule has 0 aliphatic heterocycles. The average Bonchev–Trinajstić information content (AvgIpc) is 2.47. The predicted octanol–water partition coefficient (Wildman–Crippen LogP) is 3.35. The molecule has 0 spiro atoms. The van der Waals surface area contributed by atoms with Gasteiger partial charge in [-0.2, -0.15) is 0 Å². The van der Waals surface area contributed by atoms with Gasteiger partial charge in [0.25, 0.3) is 0 Å². The number of aromatic nitrogens is 2. The lowest BCUT2D eigenvalue weighted by molar-refractivity contribution is 1.13. The zero-order valence-corrected chi connectivity index (χ0v) is 13.3. The molecular weight excluding hydrogens is 454 g/mol. The second-order valence-electron chi connectivity index (χ2n) is 3.85. The maximum Gasteiger partial charge on any atom is 0.197 e. The number of halogens is 2. The molecule has 0 fully saturated rings. The predicted molar refractivity (Wildman–Crippen MR) is 88.7 cm³/mol. The van der Waals surface area contributed by atoms with Gasteiger partial charge in [-0.1, -0.05) is 0 Å². The molecule has 0 atom stereocenters. The zero-order valence-electron chi connectivity index (χ0n) is 9.02. The Balaban J connectivity index is 2.59. The normalized spacial score (nSPS) is 11.0. The Kier molecular flexibility index (Phi) is 3.18. The fraction of sp³-hybridized carbons (Fsp3) is 0.